The number of nitrogens with zero attached hydrogens (tertiary/aromatic N) is 2. The highest BCUT2D eigenvalue weighted by Crippen LogP contribution is 2.31. The van der Waals surface area contributed by atoms with Crippen molar-refractivity contribution >= 4 is 12.2 Å². The maximum absolute atomic E-state index is 10.2. The molecule has 0 aromatic rings. The predicted molar refractivity (Wildman–Crippen MR) is 51.0 cm³/mol. The third-order valence-electron chi connectivity index (χ3n) is 2.14. The summed E-state index contributed by atoms with van der Waals surface area (Å²) in [5, 5.41) is 0. The first-order valence-corrected chi connectivity index (χ1v) is 4.16. The summed E-state index contributed by atoms with van der Waals surface area (Å²) in [7, 11) is 0. The normalized spacial score (nSPS) is 23.0. The molecule has 0 saturated heterocycles. The van der Waals surface area contributed by atoms with Crippen molar-refractivity contribution in [2.24, 2.45) is 15.4 Å². The Bertz CT molecular complexity index is 381. The summed E-state index contributed by atoms with van der Waals surface area (Å²) in [5.41, 5.74) is 0.225. The molecule has 1 rings (SSSR count). The number of isocyanates is 2. The number of rotatable bonds is 2. The number of allylic oxidation sites excluding steroid dienone is 1. The smallest absolute Gasteiger partial charge is 0.211 e. The van der Waals surface area contributed by atoms with Crippen molar-refractivity contribution in [1.82, 2.24) is 0 Å². The summed E-state index contributed by atoms with van der Waals surface area (Å²) in [4.78, 5) is 27.3. The van der Waals surface area contributed by atoms with E-state index in [0.717, 1.165) is 0 Å². The van der Waals surface area contributed by atoms with E-state index in [9.17, 15) is 9.59 Å². The van der Waals surface area contributed by atoms with Gasteiger partial charge in [0, 0.05) is 5.41 Å². The minimum Gasteiger partial charge on any atom is -0.211 e. The van der Waals surface area contributed by atoms with E-state index in [1.54, 1.807) is 12.2 Å². The van der Waals surface area contributed by atoms with E-state index in [1.807, 2.05) is 19.9 Å². The zero-order valence-corrected chi connectivity index (χ0v) is 8.02. The van der Waals surface area contributed by atoms with Crippen molar-refractivity contribution in [2.75, 3.05) is 0 Å². The number of hydrogen-bond acceptors (Lipinski definition) is 4. The zero-order chi connectivity index (χ0) is 10.6. The first-order chi connectivity index (χ1) is 6.60. The third-order valence-corrected chi connectivity index (χ3v) is 2.14. The monoisotopic (exact) mass is 190 g/mol. The van der Waals surface area contributed by atoms with Crippen molar-refractivity contribution in [2.45, 2.75) is 19.9 Å². The van der Waals surface area contributed by atoms with Gasteiger partial charge in [-0.2, -0.15) is 9.98 Å². The molecule has 0 bridgehead atoms. The Morgan fingerprint density at radius 1 is 1.36 bits per heavy atom. The Hall–Kier alpha value is -1.76. The molecule has 0 heterocycles. The van der Waals surface area contributed by atoms with E-state index in [0.29, 0.717) is 5.70 Å². The highest BCUT2D eigenvalue weighted by Gasteiger charge is 2.28. The molecule has 0 radical (unpaired) electrons. The molecule has 0 aromatic heterocycles. The Kier molecular flexibility index (Phi) is 2.92. The van der Waals surface area contributed by atoms with Gasteiger partial charge in [0.15, 0.2) is 0 Å². The van der Waals surface area contributed by atoms with Gasteiger partial charge >= 0.3 is 0 Å². The van der Waals surface area contributed by atoms with E-state index in [-0.39, 0.29) is 11.5 Å². The van der Waals surface area contributed by atoms with Gasteiger partial charge in [-0.1, -0.05) is 19.9 Å². The summed E-state index contributed by atoms with van der Waals surface area (Å²) in [6, 6.07) is -0.322. The van der Waals surface area contributed by atoms with Crippen LogP contribution < -0.4 is 0 Å². The van der Waals surface area contributed by atoms with Crippen LogP contribution in [-0.2, 0) is 9.59 Å². The first kappa shape index (κ1) is 10.3. The van der Waals surface area contributed by atoms with Crippen molar-refractivity contribution in [3.05, 3.63) is 23.9 Å². The van der Waals surface area contributed by atoms with Gasteiger partial charge in [0.2, 0.25) is 12.2 Å². The summed E-state index contributed by atoms with van der Waals surface area (Å²) < 4.78 is 0. The lowest BCUT2D eigenvalue weighted by molar-refractivity contribution is 0.417. The van der Waals surface area contributed by atoms with Gasteiger partial charge in [-0.15, -0.1) is 0 Å². The molecular formula is C10H10N2O2. The molecule has 1 atom stereocenters. The van der Waals surface area contributed by atoms with Gasteiger partial charge in [0.25, 0.3) is 0 Å². The zero-order valence-electron chi connectivity index (χ0n) is 8.02. The van der Waals surface area contributed by atoms with Crippen molar-refractivity contribution in [3.8, 4) is 0 Å². The van der Waals surface area contributed by atoms with Crippen molar-refractivity contribution in [3.63, 3.8) is 0 Å². The molecule has 0 N–H and O–H groups in total. The Morgan fingerprint density at radius 3 is 2.64 bits per heavy atom. The summed E-state index contributed by atoms with van der Waals surface area (Å²) in [5.74, 6) is 0. The fourth-order valence-electron chi connectivity index (χ4n) is 1.22. The van der Waals surface area contributed by atoms with Crippen LogP contribution in [0, 0.1) is 5.41 Å². The largest absolute Gasteiger partial charge is 0.240 e. The van der Waals surface area contributed by atoms with Crippen LogP contribution in [-0.4, -0.2) is 18.2 Å². The second-order valence-corrected chi connectivity index (χ2v) is 3.61. The fraction of sp³-hybridized carbons (Fsp3) is 0.400. The molecule has 1 unspecified atom stereocenters. The van der Waals surface area contributed by atoms with Crippen molar-refractivity contribution in [1.29, 1.82) is 0 Å². The number of carbonyl (C=O) groups excluding carboxylic acids is 2. The molecular weight excluding hydrogens is 180 g/mol. The van der Waals surface area contributed by atoms with Gasteiger partial charge in [0.1, 0.15) is 0 Å². The molecule has 4 heteroatoms. The summed E-state index contributed by atoms with van der Waals surface area (Å²) in [6.45, 7) is 3.87. The molecule has 0 aromatic carbocycles. The molecule has 1 aliphatic carbocycles. The van der Waals surface area contributed by atoms with E-state index < -0.39 is 0 Å². The molecule has 0 amide bonds. The van der Waals surface area contributed by atoms with E-state index >= 15 is 0 Å². The second-order valence-electron chi connectivity index (χ2n) is 3.61. The number of aliphatic imine (C=N–C) groups is 2. The molecule has 14 heavy (non-hydrogen) atoms. The molecule has 0 spiro atoms. The SMILES string of the molecule is CC1(C)C=CC(N=C=O)=CC1N=C=O. The third kappa shape index (κ3) is 2.13. The lowest BCUT2D eigenvalue weighted by atomic mass is 9.81. The number of hydrogen-bond donors (Lipinski definition) is 0. The summed E-state index contributed by atoms with van der Waals surface area (Å²) >= 11 is 0. The van der Waals surface area contributed by atoms with Gasteiger partial charge in [-0.05, 0) is 12.2 Å². The average Bonchev–Trinajstić information content (AvgIpc) is 2.12. The summed E-state index contributed by atoms with van der Waals surface area (Å²) in [6.07, 6.45) is 8.17. The molecule has 1 aliphatic rings. The Morgan fingerprint density at radius 2 is 2.07 bits per heavy atom. The van der Waals surface area contributed by atoms with E-state index in [4.69, 9.17) is 0 Å². The van der Waals surface area contributed by atoms with Gasteiger partial charge in [0.05, 0.1) is 11.7 Å². The maximum Gasteiger partial charge on any atom is 0.240 e. The topological polar surface area (TPSA) is 58.9 Å². The first-order valence-electron chi connectivity index (χ1n) is 4.16. The quantitative estimate of drug-likeness (QED) is 0.489. The molecule has 0 aliphatic heterocycles. The minimum absolute atomic E-state index is 0.251. The highest BCUT2D eigenvalue weighted by atomic mass is 16.1. The lowest BCUT2D eigenvalue weighted by Crippen LogP contribution is -2.26. The minimum atomic E-state index is -0.322. The highest BCUT2D eigenvalue weighted by molar-refractivity contribution is 5.43. The van der Waals surface area contributed by atoms with Crippen molar-refractivity contribution < 1.29 is 9.59 Å². The molecule has 0 fully saturated rings. The molecule has 0 saturated carbocycles. The van der Waals surface area contributed by atoms with Crippen LogP contribution in [0.1, 0.15) is 13.8 Å². The second kappa shape index (κ2) is 3.97. The fourth-order valence-corrected chi connectivity index (χ4v) is 1.22. The van der Waals surface area contributed by atoms with Crippen LogP contribution in [0.3, 0.4) is 0 Å². The molecule has 4 nitrogen and oxygen atoms in total. The van der Waals surface area contributed by atoms with Crippen LogP contribution in [0.2, 0.25) is 0 Å². The standard InChI is InChI=1S/C10H10N2O2/c1-10(2)4-3-8(11-6-13)5-9(10)12-7-14/h3-5,9H,1-2H3. The van der Waals surface area contributed by atoms with Crippen LogP contribution in [0.25, 0.3) is 0 Å². The molecule has 72 valence electrons. The van der Waals surface area contributed by atoms with Gasteiger partial charge in [-0.3, -0.25) is 0 Å². The van der Waals surface area contributed by atoms with Crippen LogP contribution in [0.5, 0.6) is 0 Å². The van der Waals surface area contributed by atoms with Crippen LogP contribution in [0.4, 0.5) is 0 Å². The van der Waals surface area contributed by atoms with Crippen LogP contribution in [0.15, 0.2) is 33.9 Å². The van der Waals surface area contributed by atoms with Gasteiger partial charge in [-0.25, -0.2) is 9.59 Å². The average molecular weight is 190 g/mol. The predicted octanol–water partition coefficient (Wildman–Crippen LogP) is 1.51. The Labute approximate surface area is 81.8 Å². The maximum atomic E-state index is 10.2. The van der Waals surface area contributed by atoms with Gasteiger partial charge < -0.3 is 0 Å². The van der Waals surface area contributed by atoms with Crippen LogP contribution >= 0.6 is 0 Å². The van der Waals surface area contributed by atoms with E-state index in [2.05, 4.69) is 9.98 Å². The Balaban J connectivity index is 3.05. The lowest BCUT2D eigenvalue weighted by Gasteiger charge is -2.27. The van der Waals surface area contributed by atoms with E-state index in [1.165, 1.54) is 12.2 Å².